The third-order valence-electron chi connectivity index (χ3n) is 7.13. The summed E-state index contributed by atoms with van der Waals surface area (Å²) in [6.45, 7) is 0.763. The van der Waals surface area contributed by atoms with Gasteiger partial charge in [0, 0.05) is 43.9 Å². The zero-order valence-electron chi connectivity index (χ0n) is 21.5. The number of carbonyl (C=O) groups is 3. The molecule has 0 radical (unpaired) electrons. The molecule has 0 unspecified atom stereocenters. The number of likely N-dealkylation sites (N-methyl/N-ethyl adjacent to an activating group) is 1. The summed E-state index contributed by atoms with van der Waals surface area (Å²) >= 11 is 0. The van der Waals surface area contributed by atoms with Gasteiger partial charge in [0.2, 0.25) is 11.8 Å². The van der Waals surface area contributed by atoms with Crippen molar-refractivity contribution in [3.05, 3.63) is 114 Å². The van der Waals surface area contributed by atoms with E-state index < -0.39 is 6.04 Å². The van der Waals surface area contributed by atoms with Crippen LogP contribution in [0.1, 0.15) is 34.3 Å². The van der Waals surface area contributed by atoms with Crippen LogP contribution in [0.2, 0.25) is 0 Å². The van der Waals surface area contributed by atoms with Gasteiger partial charge >= 0.3 is 0 Å². The van der Waals surface area contributed by atoms with E-state index in [4.69, 9.17) is 0 Å². The third-order valence-corrected chi connectivity index (χ3v) is 7.13. The molecule has 3 amide bonds. The molecule has 0 aromatic heterocycles. The first-order chi connectivity index (χ1) is 18.6. The monoisotopic (exact) mass is 505 g/mol. The molecule has 4 aromatic rings. The number of anilines is 1. The molecule has 1 aliphatic rings. The van der Waals surface area contributed by atoms with Crippen molar-refractivity contribution in [3.63, 3.8) is 0 Å². The van der Waals surface area contributed by atoms with Crippen molar-refractivity contribution >= 4 is 34.2 Å². The summed E-state index contributed by atoms with van der Waals surface area (Å²) < 4.78 is 0. The van der Waals surface area contributed by atoms with Gasteiger partial charge in [-0.1, -0.05) is 84.9 Å². The van der Waals surface area contributed by atoms with Crippen molar-refractivity contribution in [3.8, 4) is 0 Å². The quantitative estimate of drug-likeness (QED) is 0.331. The average molecular weight is 506 g/mol. The van der Waals surface area contributed by atoms with E-state index >= 15 is 0 Å². The first-order valence-corrected chi connectivity index (χ1v) is 13.0. The van der Waals surface area contributed by atoms with E-state index in [-0.39, 0.29) is 24.1 Å². The molecule has 6 heteroatoms. The van der Waals surface area contributed by atoms with Crippen molar-refractivity contribution < 1.29 is 14.4 Å². The summed E-state index contributed by atoms with van der Waals surface area (Å²) in [7, 11) is 1.60. The van der Waals surface area contributed by atoms with Gasteiger partial charge in [0.15, 0.2) is 0 Å². The van der Waals surface area contributed by atoms with E-state index in [9.17, 15) is 14.4 Å². The lowest BCUT2D eigenvalue weighted by Crippen LogP contribution is -2.49. The van der Waals surface area contributed by atoms with Gasteiger partial charge in [-0.2, -0.15) is 0 Å². The van der Waals surface area contributed by atoms with E-state index in [0.29, 0.717) is 31.5 Å². The minimum Gasteiger partial charge on any atom is -0.357 e. The van der Waals surface area contributed by atoms with Gasteiger partial charge in [-0.05, 0) is 35.1 Å². The fourth-order valence-electron chi connectivity index (χ4n) is 5.23. The topological polar surface area (TPSA) is 69.7 Å². The van der Waals surface area contributed by atoms with Crippen LogP contribution in [-0.2, 0) is 22.6 Å². The first-order valence-electron chi connectivity index (χ1n) is 13.0. The molecule has 0 saturated carbocycles. The molecule has 1 heterocycles. The molecule has 192 valence electrons. The Bertz CT molecular complexity index is 1450. The Kier molecular flexibility index (Phi) is 7.50. The summed E-state index contributed by atoms with van der Waals surface area (Å²) in [5.74, 6) is -0.339. The van der Waals surface area contributed by atoms with Crippen LogP contribution in [-0.4, -0.2) is 42.3 Å². The standard InChI is InChI=1S/C32H31N3O3/c1-33-31(37)28(21-23-11-4-2-5-12-23)35(22-24-13-6-3-7-14-24)29(36)19-10-20-34-27-18-9-16-25-15-8-17-26(30(25)27)32(34)38/h2-9,11-18,28H,10,19-22H2,1H3,(H,33,37)/t28-/m1/s1. The molecular weight excluding hydrogens is 474 g/mol. The van der Waals surface area contributed by atoms with E-state index in [0.717, 1.165) is 27.6 Å². The molecule has 1 N–H and O–H groups in total. The SMILES string of the molecule is CNC(=O)[C@@H](Cc1ccccc1)N(Cc1ccccc1)C(=O)CCCN1C(=O)c2cccc3cccc1c23. The molecule has 0 aliphatic carbocycles. The van der Waals surface area contributed by atoms with Crippen LogP contribution >= 0.6 is 0 Å². The number of carbonyl (C=O) groups excluding carboxylic acids is 3. The average Bonchev–Trinajstić information content (AvgIpc) is 3.23. The highest BCUT2D eigenvalue weighted by Gasteiger charge is 2.31. The molecule has 0 fully saturated rings. The summed E-state index contributed by atoms with van der Waals surface area (Å²) in [6, 6.07) is 30.5. The van der Waals surface area contributed by atoms with E-state index in [2.05, 4.69) is 5.32 Å². The van der Waals surface area contributed by atoms with Crippen LogP contribution in [0.25, 0.3) is 10.8 Å². The summed E-state index contributed by atoms with van der Waals surface area (Å²) in [6.07, 6.45) is 1.14. The zero-order valence-corrected chi connectivity index (χ0v) is 21.5. The lowest BCUT2D eigenvalue weighted by atomic mass is 10.0. The Balaban J connectivity index is 1.34. The van der Waals surface area contributed by atoms with Crippen LogP contribution in [0.5, 0.6) is 0 Å². The Morgan fingerprint density at radius 1 is 0.842 bits per heavy atom. The number of hydrogen-bond acceptors (Lipinski definition) is 3. The van der Waals surface area contributed by atoms with Crippen LogP contribution in [0.15, 0.2) is 97.1 Å². The number of hydrogen-bond donors (Lipinski definition) is 1. The molecule has 6 nitrogen and oxygen atoms in total. The largest absolute Gasteiger partial charge is 0.357 e. The lowest BCUT2D eigenvalue weighted by molar-refractivity contribution is -0.141. The zero-order chi connectivity index (χ0) is 26.5. The fraction of sp³-hybridized carbons (Fsp3) is 0.219. The van der Waals surface area contributed by atoms with Gasteiger partial charge in [0.1, 0.15) is 6.04 Å². The van der Waals surface area contributed by atoms with Gasteiger partial charge in [0.05, 0.1) is 5.69 Å². The molecule has 0 bridgehead atoms. The van der Waals surface area contributed by atoms with Gasteiger partial charge in [-0.15, -0.1) is 0 Å². The molecule has 5 rings (SSSR count). The van der Waals surface area contributed by atoms with Crippen LogP contribution in [0, 0.1) is 0 Å². The second-order valence-corrected chi connectivity index (χ2v) is 9.57. The van der Waals surface area contributed by atoms with E-state index in [1.54, 1.807) is 16.8 Å². The molecule has 0 saturated heterocycles. The van der Waals surface area contributed by atoms with Crippen molar-refractivity contribution in [1.82, 2.24) is 10.2 Å². The smallest absolute Gasteiger partial charge is 0.258 e. The number of amides is 3. The second-order valence-electron chi connectivity index (χ2n) is 9.57. The highest BCUT2D eigenvalue weighted by atomic mass is 16.2. The fourth-order valence-corrected chi connectivity index (χ4v) is 5.23. The van der Waals surface area contributed by atoms with Gasteiger partial charge in [-0.25, -0.2) is 0 Å². The molecular formula is C32H31N3O3. The highest BCUT2D eigenvalue weighted by Crippen LogP contribution is 2.37. The molecule has 38 heavy (non-hydrogen) atoms. The molecule has 4 aromatic carbocycles. The normalized spacial score (nSPS) is 13.0. The summed E-state index contributed by atoms with van der Waals surface area (Å²) in [4.78, 5) is 43.4. The van der Waals surface area contributed by atoms with Crippen molar-refractivity contribution in [2.45, 2.75) is 31.8 Å². The summed E-state index contributed by atoms with van der Waals surface area (Å²) in [5, 5.41) is 4.76. The Labute approximate surface area is 222 Å². The number of nitrogens with one attached hydrogen (secondary N) is 1. The Morgan fingerprint density at radius 2 is 1.50 bits per heavy atom. The second kappa shape index (κ2) is 11.3. The molecule has 0 spiro atoms. The minimum atomic E-state index is -0.651. The Morgan fingerprint density at radius 3 is 2.18 bits per heavy atom. The van der Waals surface area contributed by atoms with Crippen molar-refractivity contribution in [1.29, 1.82) is 0 Å². The third kappa shape index (κ3) is 5.16. The minimum absolute atomic E-state index is 0.0299. The molecule has 1 atom stereocenters. The highest BCUT2D eigenvalue weighted by molar-refractivity contribution is 6.25. The van der Waals surface area contributed by atoms with Gasteiger partial charge < -0.3 is 15.1 Å². The number of nitrogens with zero attached hydrogens (tertiary/aromatic N) is 2. The van der Waals surface area contributed by atoms with Gasteiger partial charge in [-0.3, -0.25) is 14.4 Å². The maximum Gasteiger partial charge on any atom is 0.258 e. The lowest BCUT2D eigenvalue weighted by Gasteiger charge is -2.31. The van der Waals surface area contributed by atoms with Crippen LogP contribution < -0.4 is 10.2 Å². The molecule has 1 aliphatic heterocycles. The Hall–Kier alpha value is -4.45. The van der Waals surface area contributed by atoms with Crippen molar-refractivity contribution in [2.24, 2.45) is 0 Å². The van der Waals surface area contributed by atoms with Crippen molar-refractivity contribution in [2.75, 3.05) is 18.5 Å². The van der Waals surface area contributed by atoms with Crippen LogP contribution in [0.3, 0.4) is 0 Å². The van der Waals surface area contributed by atoms with Gasteiger partial charge in [0.25, 0.3) is 5.91 Å². The van der Waals surface area contributed by atoms with E-state index in [1.165, 1.54) is 0 Å². The number of rotatable bonds is 10. The maximum atomic E-state index is 13.7. The van der Waals surface area contributed by atoms with E-state index in [1.807, 2.05) is 97.1 Å². The number of benzene rings is 4. The van der Waals surface area contributed by atoms with Crippen LogP contribution in [0.4, 0.5) is 5.69 Å². The first kappa shape index (κ1) is 25.2. The maximum absolute atomic E-state index is 13.7. The summed E-state index contributed by atoms with van der Waals surface area (Å²) in [5.41, 5.74) is 3.54. The predicted octanol–water partition coefficient (Wildman–Crippen LogP) is 4.97. The predicted molar refractivity (Wildman–Crippen MR) is 150 cm³/mol.